The monoisotopic (exact) mass is 282 g/mol. The molecule has 1 aromatic rings. The summed E-state index contributed by atoms with van der Waals surface area (Å²) in [4.78, 5) is 15.8. The minimum atomic E-state index is -0.666. The fourth-order valence-electron chi connectivity index (χ4n) is 3.02. The zero-order valence-electron chi connectivity index (χ0n) is 11.9. The number of hydrogen-bond donors (Lipinski definition) is 2. The average Bonchev–Trinajstić information content (AvgIpc) is 2.70. The van der Waals surface area contributed by atoms with Gasteiger partial charge in [-0.15, -0.1) is 11.3 Å². The van der Waals surface area contributed by atoms with Crippen LogP contribution in [0, 0.1) is 24.2 Å². The first-order valence-corrected chi connectivity index (χ1v) is 7.61. The number of aliphatic carboxylic acids is 1. The zero-order chi connectivity index (χ0) is 14.2. The fourth-order valence-corrected chi connectivity index (χ4v) is 3.77. The molecule has 0 spiro atoms. The number of carboxylic acids is 1. The molecule has 1 fully saturated rings. The van der Waals surface area contributed by atoms with Crippen LogP contribution < -0.4 is 5.32 Å². The molecular weight excluding hydrogens is 260 g/mol. The van der Waals surface area contributed by atoms with E-state index in [9.17, 15) is 9.90 Å². The number of nitrogens with one attached hydrogen (secondary N) is 1. The Morgan fingerprint density at radius 1 is 1.53 bits per heavy atom. The second-order valence-electron chi connectivity index (χ2n) is 6.12. The van der Waals surface area contributed by atoms with Crippen molar-refractivity contribution in [2.24, 2.45) is 17.3 Å². The third-order valence-electron chi connectivity index (χ3n) is 4.67. The van der Waals surface area contributed by atoms with E-state index in [4.69, 9.17) is 0 Å². The number of aryl methyl sites for hydroxylation is 1. The first kappa shape index (κ1) is 14.3. The van der Waals surface area contributed by atoms with E-state index >= 15 is 0 Å². The van der Waals surface area contributed by atoms with E-state index in [2.05, 4.69) is 31.1 Å². The molecule has 1 aliphatic carbocycles. The molecule has 106 valence electrons. The number of carbonyl (C=O) groups is 1. The number of thiazole rings is 1. The lowest BCUT2D eigenvalue weighted by molar-refractivity contribution is -0.149. The quantitative estimate of drug-likeness (QED) is 0.892. The first-order chi connectivity index (χ1) is 8.82. The van der Waals surface area contributed by atoms with Gasteiger partial charge in [0.1, 0.15) is 0 Å². The largest absolute Gasteiger partial charge is 0.481 e. The third-order valence-corrected chi connectivity index (χ3v) is 5.56. The molecule has 0 radical (unpaired) electrons. The molecule has 19 heavy (non-hydrogen) atoms. The molecular formula is C14H22N2O2S. The van der Waals surface area contributed by atoms with E-state index in [1.165, 1.54) is 0 Å². The Balaban J connectivity index is 2.11. The summed E-state index contributed by atoms with van der Waals surface area (Å²) in [5.41, 5.74) is 0.826. The molecule has 1 aromatic heterocycles. The van der Waals surface area contributed by atoms with Crippen LogP contribution in [0.25, 0.3) is 0 Å². The number of carboxylic acid groups (broad SMARTS) is 1. The van der Waals surface area contributed by atoms with E-state index in [-0.39, 0.29) is 11.3 Å². The molecule has 1 aliphatic rings. The zero-order valence-corrected chi connectivity index (χ0v) is 12.8. The van der Waals surface area contributed by atoms with Crippen molar-refractivity contribution in [1.29, 1.82) is 0 Å². The summed E-state index contributed by atoms with van der Waals surface area (Å²) < 4.78 is 0. The Hall–Kier alpha value is -1.10. The van der Waals surface area contributed by atoms with Crippen LogP contribution in [0.3, 0.4) is 0 Å². The molecule has 1 saturated carbocycles. The van der Waals surface area contributed by atoms with Gasteiger partial charge in [-0.1, -0.05) is 20.8 Å². The smallest absolute Gasteiger partial charge is 0.307 e. The van der Waals surface area contributed by atoms with Gasteiger partial charge in [-0.2, -0.15) is 0 Å². The van der Waals surface area contributed by atoms with Gasteiger partial charge in [0.05, 0.1) is 11.6 Å². The molecule has 5 heteroatoms. The van der Waals surface area contributed by atoms with Gasteiger partial charge in [0.25, 0.3) is 0 Å². The molecule has 0 aliphatic heterocycles. The second-order valence-corrected chi connectivity index (χ2v) is 6.98. The van der Waals surface area contributed by atoms with E-state index in [1.807, 2.05) is 12.3 Å². The Morgan fingerprint density at radius 2 is 2.21 bits per heavy atom. The van der Waals surface area contributed by atoms with Crippen LogP contribution in [0.2, 0.25) is 0 Å². The predicted octanol–water partition coefficient (Wildman–Crippen LogP) is 3.39. The summed E-state index contributed by atoms with van der Waals surface area (Å²) in [5.74, 6) is -0.620. The van der Waals surface area contributed by atoms with Gasteiger partial charge < -0.3 is 10.4 Å². The Morgan fingerprint density at radius 3 is 2.74 bits per heavy atom. The molecule has 3 unspecified atom stereocenters. The Kier molecular flexibility index (Phi) is 3.85. The van der Waals surface area contributed by atoms with Gasteiger partial charge in [0.2, 0.25) is 0 Å². The van der Waals surface area contributed by atoms with Crippen LogP contribution in [0.15, 0.2) is 5.38 Å². The van der Waals surface area contributed by atoms with Crippen LogP contribution in [-0.4, -0.2) is 22.1 Å². The summed E-state index contributed by atoms with van der Waals surface area (Å²) in [7, 11) is 0. The lowest BCUT2D eigenvalue weighted by Gasteiger charge is -2.46. The van der Waals surface area contributed by atoms with Crippen LogP contribution in [0.4, 0.5) is 5.13 Å². The van der Waals surface area contributed by atoms with Crippen molar-refractivity contribution in [3.63, 3.8) is 0 Å². The lowest BCUT2D eigenvalue weighted by atomic mass is 9.61. The minimum Gasteiger partial charge on any atom is -0.481 e. The average molecular weight is 282 g/mol. The summed E-state index contributed by atoms with van der Waals surface area (Å²) in [6.45, 7) is 8.26. The number of rotatable bonds is 3. The van der Waals surface area contributed by atoms with Gasteiger partial charge in [-0.25, -0.2) is 4.98 Å². The highest BCUT2D eigenvalue weighted by molar-refractivity contribution is 7.13. The molecule has 0 aromatic carbocycles. The number of anilines is 1. The molecule has 4 nitrogen and oxygen atoms in total. The van der Waals surface area contributed by atoms with Crippen LogP contribution in [0.1, 0.15) is 39.3 Å². The van der Waals surface area contributed by atoms with Crippen molar-refractivity contribution in [2.45, 2.75) is 46.6 Å². The second kappa shape index (κ2) is 5.12. The Bertz CT molecular complexity index is 470. The summed E-state index contributed by atoms with van der Waals surface area (Å²) >= 11 is 1.61. The van der Waals surface area contributed by atoms with Crippen molar-refractivity contribution in [1.82, 2.24) is 4.98 Å². The summed E-state index contributed by atoms with van der Waals surface area (Å²) in [6.07, 6.45) is 1.62. The van der Waals surface area contributed by atoms with Gasteiger partial charge in [-0.05, 0) is 31.1 Å². The Labute approximate surface area is 118 Å². The highest BCUT2D eigenvalue weighted by Crippen LogP contribution is 2.45. The van der Waals surface area contributed by atoms with Gasteiger partial charge in [-0.3, -0.25) is 4.79 Å². The topological polar surface area (TPSA) is 62.2 Å². The van der Waals surface area contributed by atoms with Gasteiger partial charge in [0.15, 0.2) is 5.13 Å². The highest BCUT2D eigenvalue weighted by Gasteiger charge is 2.46. The van der Waals surface area contributed by atoms with Crippen LogP contribution in [-0.2, 0) is 4.79 Å². The van der Waals surface area contributed by atoms with E-state index in [0.717, 1.165) is 23.7 Å². The molecule has 2 rings (SSSR count). The molecule has 1 heterocycles. The number of aromatic nitrogens is 1. The van der Waals surface area contributed by atoms with E-state index in [1.54, 1.807) is 11.3 Å². The predicted molar refractivity (Wildman–Crippen MR) is 77.6 cm³/mol. The van der Waals surface area contributed by atoms with Crippen LogP contribution >= 0.6 is 11.3 Å². The maximum atomic E-state index is 11.4. The standard InChI is InChI=1S/C14H22N2O2S/c1-8-7-19-13(15-8)16-11-6-5-10(12(17)18)14(3,4)9(11)2/h7,9-11H,5-6H2,1-4H3,(H,15,16)(H,17,18). The molecule has 0 saturated heterocycles. The maximum Gasteiger partial charge on any atom is 0.307 e. The normalized spacial score (nSPS) is 30.0. The van der Waals surface area contributed by atoms with Gasteiger partial charge >= 0.3 is 5.97 Å². The lowest BCUT2D eigenvalue weighted by Crippen LogP contribution is -2.48. The molecule has 2 N–H and O–H groups in total. The van der Waals surface area contributed by atoms with E-state index < -0.39 is 5.97 Å². The SMILES string of the molecule is Cc1csc(NC2CCC(C(=O)O)C(C)(C)C2C)n1. The third kappa shape index (κ3) is 2.76. The molecule has 3 atom stereocenters. The number of nitrogens with zero attached hydrogens (tertiary/aromatic N) is 1. The highest BCUT2D eigenvalue weighted by atomic mass is 32.1. The van der Waals surface area contributed by atoms with Gasteiger partial charge in [0, 0.05) is 11.4 Å². The number of hydrogen-bond acceptors (Lipinski definition) is 4. The van der Waals surface area contributed by atoms with Crippen molar-refractivity contribution < 1.29 is 9.90 Å². The minimum absolute atomic E-state index is 0.200. The van der Waals surface area contributed by atoms with Crippen LogP contribution in [0.5, 0.6) is 0 Å². The summed E-state index contributed by atoms with van der Waals surface area (Å²) in [5, 5.41) is 15.8. The van der Waals surface area contributed by atoms with Crippen molar-refractivity contribution >= 4 is 22.4 Å². The first-order valence-electron chi connectivity index (χ1n) is 6.74. The summed E-state index contributed by atoms with van der Waals surface area (Å²) in [6, 6.07) is 0.302. The molecule has 0 bridgehead atoms. The molecule has 0 amide bonds. The van der Waals surface area contributed by atoms with Crippen molar-refractivity contribution in [3.8, 4) is 0 Å². The van der Waals surface area contributed by atoms with Crippen molar-refractivity contribution in [2.75, 3.05) is 5.32 Å². The maximum absolute atomic E-state index is 11.4. The van der Waals surface area contributed by atoms with Crippen molar-refractivity contribution in [3.05, 3.63) is 11.1 Å². The fraction of sp³-hybridized carbons (Fsp3) is 0.714. The van der Waals surface area contributed by atoms with E-state index in [0.29, 0.717) is 12.0 Å².